The molecule has 3 aromatic rings. The van der Waals surface area contributed by atoms with Gasteiger partial charge in [-0.2, -0.15) is 0 Å². The molecule has 0 saturated heterocycles. The number of nitrogens with one attached hydrogen (secondary N) is 1. The van der Waals surface area contributed by atoms with Gasteiger partial charge in [-0.25, -0.2) is 4.79 Å². The van der Waals surface area contributed by atoms with Gasteiger partial charge in [0.2, 0.25) is 5.75 Å². The molecular formula is C27H27NO5. The Morgan fingerprint density at radius 2 is 1.48 bits per heavy atom. The zero-order chi connectivity index (χ0) is 23.2. The number of methoxy groups -OCH3 is 3. The van der Waals surface area contributed by atoms with Crippen LogP contribution in [0.25, 0.3) is 17.2 Å². The van der Waals surface area contributed by atoms with Crippen molar-refractivity contribution in [2.75, 3.05) is 34.5 Å². The topological polar surface area (TPSA) is 66.0 Å². The summed E-state index contributed by atoms with van der Waals surface area (Å²) in [6.07, 6.45) is 3.22. The Balaban J connectivity index is 1.35. The van der Waals surface area contributed by atoms with Crippen molar-refractivity contribution >= 4 is 12.2 Å². The van der Waals surface area contributed by atoms with Crippen LogP contribution in [-0.2, 0) is 4.74 Å². The van der Waals surface area contributed by atoms with E-state index in [1.165, 1.54) is 22.3 Å². The maximum Gasteiger partial charge on any atom is 0.407 e. The van der Waals surface area contributed by atoms with Crippen LogP contribution in [0.15, 0.2) is 66.7 Å². The van der Waals surface area contributed by atoms with E-state index in [9.17, 15) is 4.79 Å². The molecule has 1 aliphatic carbocycles. The summed E-state index contributed by atoms with van der Waals surface area (Å²) in [5.41, 5.74) is 5.59. The van der Waals surface area contributed by atoms with Gasteiger partial charge < -0.3 is 24.3 Å². The molecule has 33 heavy (non-hydrogen) atoms. The predicted octanol–water partition coefficient (Wildman–Crippen LogP) is 5.26. The standard InChI is InChI=1S/C27H27NO5/c1-30-24-15-14-18(25(31-2)26(24)32-3)9-8-16-28-27(29)33-17-23-21-12-6-4-10-19(21)20-11-5-7-13-22(20)23/h4-15,23H,16-17H2,1-3H3,(H,28,29). The molecule has 6 heteroatoms. The van der Waals surface area contributed by atoms with E-state index in [-0.39, 0.29) is 12.5 Å². The third kappa shape index (κ3) is 4.51. The molecule has 1 aliphatic rings. The van der Waals surface area contributed by atoms with E-state index in [4.69, 9.17) is 18.9 Å². The monoisotopic (exact) mass is 445 g/mol. The minimum absolute atomic E-state index is 0.0368. The first-order valence-corrected chi connectivity index (χ1v) is 10.7. The van der Waals surface area contributed by atoms with Crippen LogP contribution in [0.1, 0.15) is 22.6 Å². The van der Waals surface area contributed by atoms with E-state index in [0.29, 0.717) is 23.8 Å². The predicted molar refractivity (Wildman–Crippen MR) is 128 cm³/mol. The Kier molecular flexibility index (Phi) is 6.83. The van der Waals surface area contributed by atoms with E-state index < -0.39 is 6.09 Å². The van der Waals surface area contributed by atoms with Crippen LogP contribution >= 0.6 is 0 Å². The van der Waals surface area contributed by atoms with E-state index in [1.807, 2.05) is 42.5 Å². The third-order valence-electron chi connectivity index (χ3n) is 5.74. The zero-order valence-electron chi connectivity index (χ0n) is 19.0. The van der Waals surface area contributed by atoms with Crippen LogP contribution in [0.4, 0.5) is 4.79 Å². The van der Waals surface area contributed by atoms with Gasteiger partial charge in [-0.05, 0) is 34.4 Å². The highest BCUT2D eigenvalue weighted by molar-refractivity contribution is 5.79. The third-order valence-corrected chi connectivity index (χ3v) is 5.74. The molecule has 0 radical (unpaired) electrons. The summed E-state index contributed by atoms with van der Waals surface area (Å²) in [7, 11) is 4.71. The number of carbonyl (C=O) groups excluding carboxylic acids is 1. The van der Waals surface area contributed by atoms with E-state index in [1.54, 1.807) is 27.4 Å². The number of amides is 1. The summed E-state index contributed by atoms with van der Waals surface area (Å²) in [5.74, 6) is 1.71. The summed E-state index contributed by atoms with van der Waals surface area (Å²) in [6, 6.07) is 20.2. The van der Waals surface area contributed by atoms with Crippen LogP contribution in [0.2, 0.25) is 0 Å². The van der Waals surface area contributed by atoms with Crippen molar-refractivity contribution in [1.29, 1.82) is 0 Å². The molecule has 4 rings (SSSR count). The average Bonchev–Trinajstić information content (AvgIpc) is 3.18. The molecule has 3 aromatic carbocycles. The van der Waals surface area contributed by atoms with Crippen molar-refractivity contribution in [1.82, 2.24) is 5.32 Å². The Labute approximate surface area is 193 Å². The fourth-order valence-corrected chi connectivity index (χ4v) is 4.23. The second-order valence-electron chi connectivity index (χ2n) is 7.53. The molecule has 0 spiro atoms. The number of hydrogen-bond donors (Lipinski definition) is 1. The lowest BCUT2D eigenvalue weighted by atomic mass is 9.98. The molecule has 0 unspecified atom stereocenters. The lowest BCUT2D eigenvalue weighted by Crippen LogP contribution is -2.26. The normalized spacial score (nSPS) is 12.2. The van der Waals surface area contributed by atoms with Gasteiger partial charge >= 0.3 is 6.09 Å². The van der Waals surface area contributed by atoms with Gasteiger partial charge in [0.15, 0.2) is 11.5 Å². The van der Waals surface area contributed by atoms with Gasteiger partial charge in [0.25, 0.3) is 0 Å². The average molecular weight is 446 g/mol. The number of ether oxygens (including phenoxy) is 4. The maximum atomic E-state index is 12.3. The van der Waals surface area contributed by atoms with Crippen molar-refractivity contribution in [2.45, 2.75) is 5.92 Å². The Hall–Kier alpha value is -3.93. The summed E-state index contributed by atoms with van der Waals surface area (Å²) in [6.45, 7) is 0.598. The summed E-state index contributed by atoms with van der Waals surface area (Å²) in [5, 5.41) is 2.77. The zero-order valence-corrected chi connectivity index (χ0v) is 19.0. The second-order valence-corrected chi connectivity index (χ2v) is 7.53. The maximum absolute atomic E-state index is 12.3. The van der Waals surface area contributed by atoms with Crippen LogP contribution in [-0.4, -0.2) is 40.6 Å². The first-order chi connectivity index (χ1) is 16.2. The second kappa shape index (κ2) is 10.1. The number of alkyl carbamates (subject to hydrolysis) is 1. The smallest absolute Gasteiger partial charge is 0.407 e. The van der Waals surface area contributed by atoms with E-state index in [2.05, 4.69) is 29.6 Å². The quantitative estimate of drug-likeness (QED) is 0.512. The summed E-state index contributed by atoms with van der Waals surface area (Å²) >= 11 is 0. The molecule has 0 saturated carbocycles. The van der Waals surface area contributed by atoms with Gasteiger partial charge in [-0.15, -0.1) is 0 Å². The molecule has 0 fully saturated rings. The van der Waals surface area contributed by atoms with Gasteiger partial charge in [-0.1, -0.05) is 60.7 Å². The minimum atomic E-state index is -0.458. The number of benzene rings is 3. The van der Waals surface area contributed by atoms with Crippen molar-refractivity contribution in [2.24, 2.45) is 0 Å². The van der Waals surface area contributed by atoms with Crippen LogP contribution < -0.4 is 19.5 Å². The van der Waals surface area contributed by atoms with Crippen molar-refractivity contribution in [3.63, 3.8) is 0 Å². The molecule has 6 nitrogen and oxygen atoms in total. The van der Waals surface area contributed by atoms with Crippen LogP contribution in [0.5, 0.6) is 17.2 Å². The lowest BCUT2D eigenvalue weighted by molar-refractivity contribution is 0.144. The van der Waals surface area contributed by atoms with Crippen molar-refractivity contribution < 1.29 is 23.7 Å². The van der Waals surface area contributed by atoms with E-state index >= 15 is 0 Å². The van der Waals surface area contributed by atoms with Gasteiger partial charge in [0, 0.05) is 18.0 Å². The highest BCUT2D eigenvalue weighted by Gasteiger charge is 2.28. The van der Waals surface area contributed by atoms with Crippen LogP contribution in [0, 0.1) is 0 Å². The SMILES string of the molecule is COc1ccc(C=CCNC(=O)OCC2c3ccccc3-c3ccccc32)c(OC)c1OC. The largest absolute Gasteiger partial charge is 0.493 e. The first-order valence-electron chi connectivity index (χ1n) is 10.7. The molecule has 0 atom stereocenters. The molecule has 170 valence electrons. The molecule has 0 aromatic heterocycles. The summed E-state index contributed by atoms with van der Waals surface area (Å²) < 4.78 is 21.7. The molecule has 0 bridgehead atoms. The molecular weight excluding hydrogens is 418 g/mol. The molecule has 1 N–H and O–H groups in total. The van der Waals surface area contributed by atoms with Crippen molar-refractivity contribution in [3.05, 3.63) is 83.4 Å². The lowest BCUT2D eigenvalue weighted by Gasteiger charge is -2.14. The summed E-state index contributed by atoms with van der Waals surface area (Å²) in [4.78, 5) is 12.3. The highest BCUT2D eigenvalue weighted by Crippen LogP contribution is 2.44. The highest BCUT2D eigenvalue weighted by atomic mass is 16.5. The first kappa shape index (κ1) is 22.3. The minimum Gasteiger partial charge on any atom is -0.493 e. The number of hydrogen-bond acceptors (Lipinski definition) is 5. The van der Waals surface area contributed by atoms with Gasteiger partial charge in [-0.3, -0.25) is 0 Å². The van der Waals surface area contributed by atoms with Crippen LogP contribution in [0.3, 0.4) is 0 Å². The van der Waals surface area contributed by atoms with Crippen molar-refractivity contribution in [3.8, 4) is 28.4 Å². The molecule has 0 aliphatic heterocycles. The Bertz CT molecular complexity index is 1130. The fourth-order valence-electron chi connectivity index (χ4n) is 4.23. The number of rotatable bonds is 8. The molecule has 0 heterocycles. The fraction of sp³-hybridized carbons (Fsp3) is 0.222. The van der Waals surface area contributed by atoms with Gasteiger partial charge in [0.05, 0.1) is 21.3 Å². The Morgan fingerprint density at radius 3 is 2.09 bits per heavy atom. The Morgan fingerprint density at radius 1 is 0.848 bits per heavy atom. The van der Waals surface area contributed by atoms with Gasteiger partial charge in [0.1, 0.15) is 6.61 Å². The number of carbonyl (C=O) groups is 1. The van der Waals surface area contributed by atoms with E-state index in [0.717, 1.165) is 5.56 Å². The molecule has 1 amide bonds. The number of fused-ring (bicyclic) bond motifs is 3.